The third kappa shape index (κ3) is 2.13. The minimum absolute atomic E-state index is 0.311. The molecule has 0 aromatic heterocycles. The average Bonchev–Trinajstić information content (AvgIpc) is 2.77. The topological polar surface area (TPSA) is 77.1 Å². The summed E-state index contributed by atoms with van der Waals surface area (Å²) in [6.07, 6.45) is 0.403. The van der Waals surface area contributed by atoms with Crippen LogP contribution in [-0.4, -0.2) is 45.2 Å². The lowest BCUT2D eigenvalue weighted by Gasteiger charge is -2.27. The van der Waals surface area contributed by atoms with E-state index in [1.165, 1.54) is 28.4 Å². The number of methoxy groups -OCH3 is 3. The summed E-state index contributed by atoms with van der Waals surface area (Å²) in [4.78, 5) is 25.5. The van der Waals surface area contributed by atoms with Crippen LogP contribution in [0.3, 0.4) is 0 Å². The second kappa shape index (κ2) is 5.75. The zero-order valence-electron chi connectivity index (χ0n) is 13.4. The number of nitrogens with zero attached hydrogens (tertiary/aromatic N) is 1. The zero-order valence-corrected chi connectivity index (χ0v) is 13.4. The summed E-state index contributed by atoms with van der Waals surface area (Å²) < 4.78 is 15.9. The molecule has 22 heavy (non-hydrogen) atoms. The van der Waals surface area contributed by atoms with Crippen LogP contribution in [0.1, 0.15) is 18.9 Å². The predicted molar refractivity (Wildman–Crippen MR) is 79.4 cm³/mol. The van der Waals surface area contributed by atoms with Gasteiger partial charge >= 0.3 is 6.03 Å². The number of nitrogens with one attached hydrogen (secondary N) is 1. The molecule has 0 spiro atoms. The van der Waals surface area contributed by atoms with Crippen molar-refractivity contribution in [3.05, 3.63) is 17.7 Å². The lowest BCUT2D eigenvalue weighted by atomic mass is 9.86. The van der Waals surface area contributed by atoms with Crippen molar-refractivity contribution >= 4 is 11.9 Å². The highest BCUT2D eigenvalue weighted by Gasteiger charge is 2.50. The first-order valence-electron chi connectivity index (χ1n) is 6.86. The van der Waals surface area contributed by atoms with E-state index >= 15 is 0 Å². The smallest absolute Gasteiger partial charge is 0.325 e. The molecule has 3 amide bonds. The Morgan fingerprint density at radius 2 is 1.64 bits per heavy atom. The number of carbonyl (C=O) groups excluding carboxylic acids is 2. The van der Waals surface area contributed by atoms with Crippen molar-refractivity contribution in [2.75, 3.05) is 28.4 Å². The third-order valence-corrected chi connectivity index (χ3v) is 3.98. The summed E-state index contributed by atoms with van der Waals surface area (Å²) >= 11 is 0. The van der Waals surface area contributed by atoms with Gasteiger partial charge in [0.15, 0.2) is 11.5 Å². The van der Waals surface area contributed by atoms with Crippen molar-refractivity contribution in [2.45, 2.75) is 18.9 Å². The minimum Gasteiger partial charge on any atom is -0.493 e. The molecule has 1 atom stereocenters. The van der Waals surface area contributed by atoms with Gasteiger partial charge in [0.1, 0.15) is 5.54 Å². The molecule has 1 saturated heterocycles. The van der Waals surface area contributed by atoms with Crippen LogP contribution in [-0.2, 0) is 10.3 Å². The summed E-state index contributed by atoms with van der Waals surface area (Å²) in [6.45, 7) is 1.83. The molecule has 0 saturated carbocycles. The molecule has 1 fully saturated rings. The first-order chi connectivity index (χ1) is 10.4. The SMILES string of the molecule is CCC1(c2cc(OC)c(OC)c(OC)c2)NC(=O)N(C)C1=O. The van der Waals surface area contributed by atoms with Crippen LogP contribution in [0.2, 0.25) is 0 Å². The van der Waals surface area contributed by atoms with Crippen LogP contribution in [0.5, 0.6) is 17.2 Å². The molecule has 1 aromatic rings. The Kier molecular flexibility index (Phi) is 4.16. The third-order valence-electron chi connectivity index (χ3n) is 3.98. The molecule has 1 aliphatic rings. The highest BCUT2D eigenvalue weighted by atomic mass is 16.5. The first-order valence-corrected chi connectivity index (χ1v) is 6.86. The molecule has 0 radical (unpaired) electrons. The molecule has 7 nitrogen and oxygen atoms in total. The molecule has 1 N–H and O–H groups in total. The number of hydrogen-bond acceptors (Lipinski definition) is 5. The minimum atomic E-state index is -1.13. The van der Waals surface area contributed by atoms with E-state index in [2.05, 4.69) is 5.32 Å². The Hall–Kier alpha value is -2.44. The monoisotopic (exact) mass is 308 g/mol. The van der Waals surface area contributed by atoms with Crippen molar-refractivity contribution < 1.29 is 23.8 Å². The molecule has 1 aliphatic heterocycles. The number of rotatable bonds is 5. The van der Waals surface area contributed by atoms with Crippen molar-refractivity contribution in [2.24, 2.45) is 0 Å². The van der Waals surface area contributed by atoms with E-state index in [9.17, 15) is 9.59 Å². The van der Waals surface area contributed by atoms with Gasteiger partial charge in [-0.2, -0.15) is 0 Å². The van der Waals surface area contributed by atoms with E-state index < -0.39 is 11.6 Å². The second-order valence-corrected chi connectivity index (χ2v) is 4.97. The van der Waals surface area contributed by atoms with Gasteiger partial charge in [0.2, 0.25) is 5.75 Å². The van der Waals surface area contributed by atoms with Gasteiger partial charge < -0.3 is 19.5 Å². The Bertz CT molecular complexity index is 591. The summed E-state index contributed by atoms with van der Waals surface area (Å²) in [5.41, 5.74) is -0.536. The first kappa shape index (κ1) is 15.9. The van der Waals surface area contributed by atoms with Crippen molar-refractivity contribution in [1.29, 1.82) is 0 Å². The molecule has 1 unspecified atom stereocenters. The molecular weight excluding hydrogens is 288 g/mol. The standard InChI is InChI=1S/C15H20N2O5/c1-6-15(13(18)17(2)14(19)16-15)9-7-10(20-3)12(22-5)11(8-9)21-4/h7-8H,6H2,1-5H3,(H,16,19). The maximum absolute atomic E-state index is 12.6. The number of likely N-dealkylation sites (N-methyl/N-ethyl adjacent to an activating group) is 1. The van der Waals surface area contributed by atoms with Crippen molar-refractivity contribution in [1.82, 2.24) is 10.2 Å². The fraction of sp³-hybridized carbons (Fsp3) is 0.467. The Balaban J connectivity index is 2.65. The number of urea groups is 1. The van der Waals surface area contributed by atoms with Gasteiger partial charge in [0.25, 0.3) is 5.91 Å². The van der Waals surface area contributed by atoms with Crippen LogP contribution >= 0.6 is 0 Å². The maximum Gasteiger partial charge on any atom is 0.325 e. The van der Waals surface area contributed by atoms with E-state index in [0.29, 0.717) is 29.2 Å². The fourth-order valence-corrected chi connectivity index (χ4v) is 2.67. The highest BCUT2D eigenvalue weighted by Crippen LogP contribution is 2.43. The second-order valence-electron chi connectivity index (χ2n) is 4.97. The lowest BCUT2D eigenvalue weighted by molar-refractivity contribution is -0.130. The van der Waals surface area contributed by atoms with E-state index in [4.69, 9.17) is 14.2 Å². The van der Waals surface area contributed by atoms with Gasteiger partial charge in [-0.25, -0.2) is 4.79 Å². The zero-order chi connectivity index (χ0) is 16.5. The molecule has 7 heteroatoms. The highest BCUT2D eigenvalue weighted by molar-refractivity contribution is 6.07. The molecule has 1 heterocycles. The summed E-state index contributed by atoms with van der Waals surface area (Å²) in [6, 6.07) is 2.94. The largest absolute Gasteiger partial charge is 0.493 e. The Morgan fingerprint density at radius 3 is 1.95 bits per heavy atom. The quantitative estimate of drug-likeness (QED) is 0.834. The normalized spacial score (nSPS) is 20.9. The number of amides is 3. The number of imide groups is 1. The maximum atomic E-state index is 12.6. The molecule has 0 bridgehead atoms. The van der Waals surface area contributed by atoms with Gasteiger partial charge in [0.05, 0.1) is 21.3 Å². The van der Waals surface area contributed by atoms with Gasteiger partial charge in [-0.05, 0) is 24.1 Å². The van der Waals surface area contributed by atoms with Gasteiger partial charge in [0, 0.05) is 7.05 Å². The van der Waals surface area contributed by atoms with Crippen molar-refractivity contribution in [3.8, 4) is 17.2 Å². The van der Waals surface area contributed by atoms with Crippen LogP contribution in [0.15, 0.2) is 12.1 Å². The van der Waals surface area contributed by atoms with Crippen LogP contribution in [0.4, 0.5) is 4.79 Å². The van der Waals surface area contributed by atoms with Crippen LogP contribution in [0.25, 0.3) is 0 Å². The van der Waals surface area contributed by atoms with E-state index in [1.807, 2.05) is 6.92 Å². The number of hydrogen-bond donors (Lipinski definition) is 1. The lowest BCUT2D eigenvalue weighted by Crippen LogP contribution is -2.43. The van der Waals surface area contributed by atoms with E-state index in [1.54, 1.807) is 12.1 Å². The Labute approximate surface area is 129 Å². The predicted octanol–water partition coefficient (Wildman–Crippen LogP) is 1.50. The molecule has 0 aliphatic carbocycles. The fourth-order valence-electron chi connectivity index (χ4n) is 2.67. The van der Waals surface area contributed by atoms with Crippen LogP contribution in [0, 0.1) is 0 Å². The van der Waals surface area contributed by atoms with Crippen molar-refractivity contribution in [3.63, 3.8) is 0 Å². The van der Waals surface area contributed by atoms with Gasteiger partial charge in [-0.15, -0.1) is 0 Å². The van der Waals surface area contributed by atoms with E-state index in [0.717, 1.165) is 4.90 Å². The molecular formula is C15H20N2O5. The average molecular weight is 308 g/mol. The van der Waals surface area contributed by atoms with E-state index in [-0.39, 0.29) is 5.91 Å². The summed E-state index contributed by atoms with van der Waals surface area (Å²) in [5.74, 6) is 0.988. The Morgan fingerprint density at radius 1 is 1.09 bits per heavy atom. The number of ether oxygens (including phenoxy) is 3. The van der Waals surface area contributed by atoms with Gasteiger partial charge in [-0.1, -0.05) is 6.92 Å². The molecule has 120 valence electrons. The summed E-state index contributed by atoms with van der Waals surface area (Å²) in [5, 5.41) is 2.76. The summed E-state index contributed by atoms with van der Waals surface area (Å²) in [7, 11) is 5.96. The number of benzene rings is 1. The number of carbonyl (C=O) groups is 2. The molecule has 2 rings (SSSR count). The van der Waals surface area contributed by atoms with Gasteiger partial charge in [-0.3, -0.25) is 9.69 Å². The molecule has 1 aromatic carbocycles. The van der Waals surface area contributed by atoms with Crippen LogP contribution < -0.4 is 19.5 Å².